The third-order valence-electron chi connectivity index (χ3n) is 2.06. The highest BCUT2D eigenvalue weighted by molar-refractivity contribution is 7.18. The first-order chi connectivity index (χ1) is 8.69. The van der Waals surface area contributed by atoms with Gasteiger partial charge in [-0.25, -0.2) is 4.98 Å². The molecule has 102 valence electrons. The van der Waals surface area contributed by atoms with Crippen LogP contribution in [0.3, 0.4) is 0 Å². The number of amides is 1. The Kier molecular flexibility index (Phi) is 6.40. The predicted octanol–water partition coefficient (Wildman–Crippen LogP) is -0.104. The van der Waals surface area contributed by atoms with Crippen LogP contribution in [0.2, 0.25) is 0 Å². The number of aliphatic hydroxyl groups excluding tert-OH is 1. The lowest BCUT2D eigenvalue weighted by Gasteiger charge is -2.04. The average Bonchev–Trinajstić information content (AvgIpc) is 2.75. The van der Waals surface area contributed by atoms with Gasteiger partial charge in [-0.3, -0.25) is 4.79 Å². The van der Waals surface area contributed by atoms with E-state index in [1.807, 2.05) is 0 Å². The summed E-state index contributed by atoms with van der Waals surface area (Å²) in [5.74, 6) is 0.00652. The van der Waals surface area contributed by atoms with Gasteiger partial charge >= 0.3 is 0 Å². The minimum atomic E-state index is -0.228. The Morgan fingerprint density at radius 3 is 2.94 bits per heavy atom. The Balaban J connectivity index is 2.29. The van der Waals surface area contributed by atoms with Crippen LogP contribution in [-0.2, 0) is 4.74 Å². The van der Waals surface area contributed by atoms with E-state index in [2.05, 4.69) is 15.6 Å². The highest BCUT2D eigenvalue weighted by atomic mass is 32.1. The fourth-order valence-electron chi connectivity index (χ4n) is 1.22. The third-order valence-corrected chi connectivity index (χ3v) is 3.15. The minimum absolute atomic E-state index is 0.0105. The molecule has 1 amide bonds. The molecule has 0 saturated heterocycles. The highest BCUT2D eigenvalue weighted by Gasteiger charge is 2.14. The van der Waals surface area contributed by atoms with Crippen LogP contribution in [-0.4, -0.2) is 49.4 Å². The second-order valence-electron chi connectivity index (χ2n) is 3.43. The predicted molar refractivity (Wildman–Crippen MR) is 70.9 cm³/mol. The zero-order valence-corrected chi connectivity index (χ0v) is 11.0. The van der Waals surface area contributed by atoms with Gasteiger partial charge in [-0.2, -0.15) is 0 Å². The number of ether oxygens (including phenoxy) is 1. The summed E-state index contributed by atoms with van der Waals surface area (Å²) in [5, 5.41) is 14.7. The molecule has 0 aliphatic heterocycles. The van der Waals surface area contributed by atoms with Crippen LogP contribution in [0, 0.1) is 0 Å². The summed E-state index contributed by atoms with van der Waals surface area (Å²) in [4.78, 5) is 16.2. The smallest absolute Gasteiger partial charge is 0.265 e. The number of aromatic nitrogens is 1. The second kappa shape index (κ2) is 7.85. The highest BCUT2D eigenvalue weighted by Crippen LogP contribution is 2.23. The van der Waals surface area contributed by atoms with E-state index in [1.165, 1.54) is 11.3 Å². The van der Waals surface area contributed by atoms with Crippen LogP contribution in [0.15, 0.2) is 0 Å². The number of aliphatic hydroxyl groups is 1. The molecular formula is C10H18N4O3S. The van der Waals surface area contributed by atoms with Crippen molar-refractivity contribution in [1.82, 2.24) is 10.3 Å². The number of carbonyl (C=O) groups excluding carboxylic acids is 1. The van der Waals surface area contributed by atoms with Crippen molar-refractivity contribution >= 4 is 28.2 Å². The molecule has 1 rings (SSSR count). The normalized spacial score (nSPS) is 10.3. The molecule has 0 unspecified atom stereocenters. The summed E-state index contributed by atoms with van der Waals surface area (Å²) in [5.41, 5.74) is 5.63. The van der Waals surface area contributed by atoms with E-state index in [0.717, 1.165) is 0 Å². The van der Waals surface area contributed by atoms with E-state index >= 15 is 0 Å². The molecule has 0 aliphatic rings. The largest absolute Gasteiger partial charge is 0.394 e. The minimum Gasteiger partial charge on any atom is -0.394 e. The number of carbonyl (C=O) groups is 1. The van der Waals surface area contributed by atoms with Crippen LogP contribution in [0.1, 0.15) is 16.1 Å². The Hall–Kier alpha value is -1.38. The molecule has 0 saturated carbocycles. The Labute approximate surface area is 109 Å². The topological polar surface area (TPSA) is 110 Å². The first-order valence-corrected chi connectivity index (χ1v) is 6.41. The fourth-order valence-corrected chi connectivity index (χ4v) is 1.98. The van der Waals surface area contributed by atoms with Crippen molar-refractivity contribution < 1.29 is 14.6 Å². The van der Waals surface area contributed by atoms with Gasteiger partial charge < -0.3 is 26.2 Å². The SMILES string of the molecule is CNc1nc(N)c(C(=O)NCCCOCCO)s1. The fraction of sp³-hybridized carbons (Fsp3) is 0.600. The van der Waals surface area contributed by atoms with Crippen molar-refractivity contribution in [3.8, 4) is 0 Å². The van der Waals surface area contributed by atoms with Crippen LogP contribution in [0.4, 0.5) is 10.9 Å². The molecule has 1 aromatic heterocycles. The number of rotatable bonds is 8. The lowest BCUT2D eigenvalue weighted by Crippen LogP contribution is -2.25. The van der Waals surface area contributed by atoms with Gasteiger partial charge in [0.25, 0.3) is 5.91 Å². The average molecular weight is 274 g/mol. The molecule has 0 spiro atoms. The van der Waals surface area contributed by atoms with Crippen molar-refractivity contribution in [2.45, 2.75) is 6.42 Å². The van der Waals surface area contributed by atoms with Crippen LogP contribution in [0.25, 0.3) is 0 Å². The number of hydrogen-bond donors (Lipinski definition) is 4. The maximum absolute atomic E-state index is 11.8. The molecule has 0 aliphatic carbocycles. The number of nitrogens with zero attached hydrogens (tertiary/aromatic N) is 1. The van der Waals surface area contributed by atoms with Gasteiger partial charge in [0.05, 0.1) is 13.2 Å². The van der Waals surface area contributed by atoms with Crippen LogP contribution >= 0.6 is 11.3 Å². The lowest BCUT2D eigenvalue weighted by molar-refractivity contribution is 0.0869. The van der Waals surface area contributed by atoms with E-state index in [1.54, 1.807) is 7.05 Å². The summed E-state index contributed by atoms with van der Waals surface area (Å²) in [7, 11) is 1.72. The van der Waals surface area contributed by atoms with Crippen molar-refractivity contribution in [2.24, 2.45) is 0 Å². The molecule has 0 radical (unpaired) electrons. The molecule has 5 N–H and O–H groups in total. The van der Waals surface area contributed by atoms with E-state index in [4.69, 9.17) is 15.6 Å². The number of nitrogens with one attached hydrogen (secondary N) is 2. The van der Waals surface area contributed by atoms with E-state index in [0.29, 0.717) is 36.2 Å². The van der Waals surface area contributed by atoms with Crippen LogP contribution < -0.4 is 16.4 Å². The Morgan fingerprint density at radius 1 is 1.56 bits per heavy atom. The van der Waals surface area contributed by atoms with Crippen molar-refractivity contribution in [2.75, 3.05) is 44.5 Å². The summed E-state index contributed by atoms with van der Waals surface area (Å²) in [6, 6.07) is 0. The molecule has 18 heavy (non-hydrogen) atoms. The van der Waals surface area contributed by atoms with Gasteiger partial charge in [0, 0.05) is 20.2 Å². The van der Waals surface area contributed by atoms with Gasteiger partial charge in [0.1, 0.15) is 10.7 Å². The number of nitrogens with two attached hydrogens (primary N) is 1. The Morgan fingerprint density at radius 2 is 2.33 bits per heavy atom. The number of thiazole rings is 1. The molecule has 8 heteroatoms. The first-order valence-electron chi connectivity index (χ1n) is 5.60. The molecule has 1 heterocycles. The third kappa shape index (κ3) is 4.47. The van der Waals surface area contributed by atoms with Gasteiger partial charge in [0.15, 0.2) is 5.13 Å². The molecule has 7 nitrogen and oxygen atoms in total. The van der Waals surface area contributed by atoms with Crippen molar-refractivity contribution in [3.63, 3.8) is 0 Å². The van der Waals surface area contributed by atoms with Gasteiger partial charge in [-0.05, 0) is 6.42 Å². The van der Waals surface area contributed by atoms with E-state index in [-0.39, 0.29) is 18.3 Å². The lowest BCUT2D eigenvalue weighted by atomic mass is 10.4. The summed E-state index contributed by atoms with van der Waals surface area (Å²) >= 11 is 1.22. The number of hydrogen-bond acceptors (Lipinski definition) is 7. The number of anilines is 2. The number of nitrogen functional groups attached to an aromatic ring is 1. The zero-order valence-electron chi connectivity index (χ0n) is 10.2. The summed E-state index contributed by atoms with van der Waals surface area (Å²) < 4.78 is 5.07. The molecular weight excluding hydrogens is 256 g/mol. The van der Waals surface area contributed by atoms with Gasteiger partial charge in [0.2, 0.25) is 0 Å². The first kappa shape index (κ1) is 14.7. The van der Waals surface area contributed by atoms with Gasteiger partial charge in [-0.15, -0.1) is 0 Å². The van der Waals surface area contributed by atoms with Crippen molar-refractivity contribution in [3.05, 3.63) is 4.88 Å². The maximum atomic E-state index is 11.8. The maximum Gasteiger partial charge on any atom is 0.265 e. The Bertz CT molecular complexity index is 383. The second-order valence-corrected chi connectivity index (χ2v) is 4.43. The molecule has 0 atom stereocenters. The summed E-state index contributed by atoms with van der Waals surface area (Å²) in [6.07, 6.45) is 0.684. The standard InChI is InChI=1S/C10H18N4O3S/c1-12-10-14-8(11)7(18-10)9(16)13-3-2-5-17-6-4-15/h15H,2-6,11H2,1H3,(H,12,14)(H,13,16). The zero-order chi connectivity index (χ0) is 13.4. The van der Waals surface area contributed by atoms with E-state index in [9.17, 15) is 4.79 Å². The molecule has 0 fully saturated rings. The quantitative estimate of drug-likeness (QED) is 0.493. The van der Waals surface area contributed by atoms with Gasteiger partial charge in [-0.1, -0.05) is 11.3 Å². The van der Waals surface area contributed by atoms with Crippen molar-refractivity contribution in [1.29, 1.82) is 0 Å². The molecule has 0 bridgehead atoms. The monoisotopic (exact) mass is 274 g/mol. The molecule has 0 aromatic carbocycles. The summed E-state index contributed by atoms with van der Waals surface area (Å²) in [6.45, 7) is 1.33. The molecule has 1 aromatic rings. The van der Waals surface area contributed by atoms with Crippen LogP contribution in [0.5, 0.6) is 0 Å². The van der Waals surface area contributed by atoms with E-state index < -0.39 is 0 Å².